The number of hydrogen-bond donors (Lipinski definition) is 2. The Hall–Kier alpha value is -1.02. The molecule has 1 rings (SSSR count). The highest BCUT2D eigenvalue weighted by Crippen LogP contribution is 2.18. The van der Waals surface area contributed by atoms with E-state index in [0.717, 1.165) is 11.3 Å². The van der Waals surface area contributed by atoms with E-state index in [1.54, 1.807) is 0 Å². The molecule has 0 aromatic heterocycles. The Morgan fingerprint density at radius 3 is 2.00 bits per heavy atom. The Labute approximate surface area is 73.8 Å². The summed E-state index contributed by atoms with van der Waals surface area (Å²) in [7, 11) is 1.91. The van der Waals surface area contributed by atoms with Gasteiger partial charge in [0.1, 0.15) is 0 Å². The number of benzene rings is 1. The predicted molar refractivity (Wildman–Crippen MR) is 53.2 cm³/mol. The zero-order valence-electron chi connectivity index (χ0n) is 7.89. The van der Waals surface area contributed by atoms with E-state index in [-0.39, 0.29) is 5.54 Å². The minimum atomic E-state index is -0.244. The Balaban J connectivity index is 2.93. The van der Waals surface area contributed by atoms with Gasteiger partial charge in [0.05, 0.1) is 0 Å². The predicted octanol–water partition coefficient (Wildman–Crippen LogP) is 1.92. The van der Waals surface area contributed by atoms with Crippen molar-refractivity contribution < 1.29 is 0 Å². The Morgan fingerprint density at radius 1 is 1.17 bits per heavy atom. The van der Waals surface area contributed by atoms with Crippen molar-refractivity contribution in [3.63, 3.8) is 0 Å². The van der Waals surface area contributed by atoms with Crippen molar-refractivity contribution in [3.8, 4) is 0 Å². The molecule has 0 saturated heterocycles. The van der Waals surface area contributed by atoms with E-state index in [9.17, 15) is 0 Å². The molecule has 12 heavy (non-hydrogen) atoms. The van der Waals surface area contributed by atoms with Gasteiger partial charge < -0.3 is 11.1 Å². The molecular weight excluding hydrogens is 148 g/mol. The molecule has 0 atom stereocenters. The fourth-order valence-electron chi connectivity index (χ4n) is 1.07. The van der Waals surface area contributed by atoms with Crippen LogP contribution < -0.4 is 11.1 Å². The summed E-state index contributed by atoms with van der Waals surface area (Å²) in [6.45, 7) is 4.00. The molecule has 0 aliphatic heterocycles. The van der Waals surface area contributed by atoms with Gasteiger partial charge in [-0.05, 0) is 31.5 Å². The van der Waals surface area contributed by atoms with E-state index in [4.69, 9.17) is 5.73 Å². The van der Waals surface area contributed by atoms with Crippen LogP contribution in [0.4, 0.5) is 5.69 Å². The van der Waals surface area contributed by atoms with Gasteiger partial charge in [-0.3, -0.25) is 0 Å². The molecule has 3 N–H and O–H groups in total. The minimum Gasteiger partial charge on any atom is -0.388 e. The molecule has 0 radical (unpaired) electrons. The summed E-state index contributed by atoms with van der Waals surface area (Å²) < 4.78 is 0. The molecule has 0 aliphatic carbocycles. The zero-order chi connectivity index (χ0) is 9.19. The molecule has 1 aromatic carbocycles. The van der Waals surface area contributed by atoms with E-state index in [2.05, 4.69) is 5.32 Å². The SMILES string of the molecule is CNc1ccc(C(C)(C)N)cc1. The maximum absolute atomic E-state index is 5.93. The lowest BCUT2D eigenvalue weighted by molar-refractivity contribution is 0.554. The van der Waals surface area contributed by atoms with Gasteiger partial charge in [0.15, 0.2) is 0 Å². The van der Waals surface area contributed by atoms with Gasteiger partial charge >= 0.3 is 0 Å². The highest BCUT2D eigenvalue weighted by Gasteiger charge is 2.12. The van der Waals surface area contributed by atoms with Crippen molar-refractivity contribution in [1.29, 1.82) is 0 Å². The van der Waals surface area contributed by atoms with E-state index in [1.165, 1.54) is 0 Å². The van der Waals surface area contributed by atoms with Gasteiger partial charge in [-0.1, -0.05) is 12.1 Å². The lowest BCUT2D eigenvalue weighted by Gasteiger charge is -2.19. The molecule has 1 aromatic rings. The van der Waals surface area contributed by atoms with Crippen molar-refractivity contribution >= 4 is 5.69 Å². The largest absolute Gasteiger partial charge is 0.388 e. The van der Waals surface area contributed by atoms with Gasteiger partial charge in [-0.2, -0.15) is 0 Å². The standard InChI is InChI=1S/C10H16N2/c1-10(2,11)8-4-6-9(12-3)7-5-8/h4-7,12H,11H2,1-3H3. The van der Waals surface area contributed by atoms with Crippen LogP contribution >= 0.6 is 0 Å². The monoisotopic (exact) mass is 164 g/mol. The van der Waals surface area contributed by atoms with Crippen LogP contribution in [-0.4, -0.2) is 7.05 Å². The second kappa shape index (κ2) is 3.15. The van der Waals surface area contributed by atoms with Crippen molar-refractivity contribution in [2.75, 3.05) is 12.4 Å². The number of hydrogen-bond acceptors (Lipinski definition) is 2. The lowest BCUT2D eigenvalue weighted by atomic mass is 9.96. The molecule has 0 fully saturated rings. The summed E-state index contributed by atoms with van der Waals surface area (Å²) in [6, 6.07) is 8.16. The van der Waals surface area contributed by atoms with Crippen LogP contribution in [0.5, 0.6) is 0 Å². The first kappa shape index (κ1) is 9.07. The molecule has 0 saturated carbocycles. The fourth-order valence-corrected chi connectivity index (χ4v) is 1.07. The smallest absolute Gasteiger partial charge is 0.0352 e. The molecule has 0 bridgehead atoms. The van der Waals surface area contributed by atoms with E-state index in [1.807, 2.05) is 45.2 Å². The Morgan fingerprint density at radius 2 is 1.67 bits per heavy atom. The van der Waals surface area contributed by atoms with Gasteiger partial charge in [0.25, 0.3) is 0 Å². The van der Waals surface area contributed by atoms with E-state index < -0.39 is 0 Å². The first-order valence-electron chi connectivity index (χ1n) is 4.11. The molecular formula is C10H16N2. The average molecular weight is 164 g/mol. The molecule has 2 heteroatoms. The summed E-state index contributed by atoms with van der Waals surface area (Å²) >= 11 is 0. The molecule has 0 aliphatic rings. The molecule has 0 spiro atoms. The van der Waals surface area contributed by atoms with Gasteiger partial charge in [-0.15, -0.1) is 0 Å². The van der Waals surface area contributed by atoms with Gasteiger partial charge in [0.2, 0.25) is 0 Å². The van der Waals surface area contributed by atoms with Gasteiger partial charge in [0, 0.05) is 18.3 Å². The third kappa shape index (κ3) is 1.98. The summed E-state index contributed by atoms with van der Waals surface area (Å²) in [6.07, 6.45) is 0. The highest BCUT2D eigenvalue weighted by atomic mass is 14.8. The Bertz CT molecular complexity index is 244. The normalized spacial score (nSPS) is 11.3. The van der Waals surface area contributed by atoms with Crippen LogP contribution in [0.3, 0.4) is 0 Å². The summed E-state index contributed by atoms with van der Waals surface area (Å²) in [5, 5.41) is 3.06. The molecule has 66 valence electrons. The van der Waals surface area contributed by atoms with Crippen LogP contribution in [0.25, 0.3) is 0 Å². The third-order valence-corrected chi connectivity index (χ3v) is 1.92. The van der Waals surface area contributed by atoms with Crippen LogP contribution in [0.1, 0.15) is 19.4 Å². The van der Waals surface area contributed by atoms with Crippen molar-refractivity contribution in [2.45, 2.75) is 19.4 Å². The second-order valence-electron chi connectivity index (χ2n) is 3.55. The molecule has 0 amide bonds. The summed E-state index contributed by atoms with van der Waals surface area (Å²) in [5.41, 5.74) is 7.95. The van der Waals surface area contributed by atoms with Gasteiger partial charge in [-0.25, -0.2) is 0 Å². The first-order chi connectivity index (χ1) is 5.54. The number of nitrogens with two attached hydrogens (primary N) is 1. The minimum absolute atomic E-state index is 0.244. The Kier molecular flexibility index (Phi) is 2.38. The third-order valence-electron chi connectivity index (χ3n) is 1.92. The maximum Gasteiger partial charge on any atom is 0.0352 e. The van der Waals surface area contributed by atoms with Crippen molar-refractivity contribution in [2.24, 2.45) is 5.73 Å². The van der Waals surface area contributed by atoms with Crippen LogP contribution in [-0.2, 0) is 5.54 Å². The fraction of sp³-hybridized carbons (Fsp3) is 0.400. The van der Waals surface area contributed by atoms with Crippen LogP contribution in [0, 0.1) is 0 Å². The maximum atomic E-state index is 5.93. The molecule has 0 heterocycles. The van der Waals surface area contributed by atoms with E-state index in [0.29, 0.717) is 0 Å². The topological polar surface area (TPSA) is 38.0 Å². The number of rotatable bonds is 2. The average Bonchev–Trinajstić information content (AvgIpc) is 2.03. The zero-order valence-corrected chi connectivity index (χ0v) is 7.89. The van der Waals surface area contributed by atoms with Crippen LogP contribution in [0.15, 0.2) is 24.3 Å². The number of nitrogens with one attached hydrogen (secondary N) is 1. The van der Waals surface area contributed by atoms with Crippen molar-refractivity contribution in [1.82, 2.24) is 0 Å². The van der Waals surface area contributed by atoms with Crippen LogP contribution in [0.2, 0.25) is 0 Å². The summed E-state index contributed by atoms with van der Waals surface area (Å²) in [4.78, 5) is 0. The van der Waals surface area contributed by atoms with Crippen molar-refractivity contribution in [3.05, 3.63) is 29.8 Å². The second-order valence-corrected chi connectivity index (χ2v) is 3.55. The summed E-state index contributed by atoms with van der Waals surface area (Å²) in [5.74, 6) is 0. The highest BCUT2D eigenvalue weighted by molar-refractivity contribution is 5.44. The quantitative estimate of drug-likeness (QED) is 0.701. The number of anilines is 1. The van der Waals surface area contributed by atoms with E-state index >= 15 is 0 Å². The molecule has 0 unspecified atom stereocenters. The lowest BCUT2D eigenvalue weighted by Crippen LogP contribution is -2.28. The molecule has 2 nitrogen and oxygen atoms in total. The first-order valence-corrected chi connectivity index (χ1v) is 4.11.